The van der Waals surface area contributed by atoms with Crippen molar-refractivity contribution in [1.82, 2.24) is 0 Å². The lowest BCUT2D eigenvalue weighted by atomic mass is 9.99. The van der Waals surface area contributed by atoms with Gasteiger partial charge in [0.25, 0.3) is 0 Å². The van der Waals surface area contributed by atoms with Gasteiger partial charge in [0.15, 0.2) is 0 Å². The summed E-state index contributed by atoms with van der Waals surface area (Å²) < 4.78 is 28.3. The lowest BCUT2D eigenvalue weighted by Crippen LogP contribution is -2.06. The van der Waals surface area contributed by atoms with Crippen LogP contribution in [0.3, 0.4) is 0 Å². The van der Waals surface area contributed by atoms with Gasteiger partial charge in [-0.1, -0.05) is 94.3 Å². The third-order valence-corrected chi connectivity index (χ3v) is 4.48. The monoisotopic (exact) mass is 495 g/mol. The van der Waals surface area contributed by atoms with E-state index in [9.17, 15) is 4.57 Å². The summed E-state index contributed by atoms with van der Waals surface area (Å²) in [4.78, 5) is 0. The van der Waals surface area contributed by atoms with E-state index in [0.717, 1.165) is 11.1 Å². The molecule has 1 aromatic carbocycles. The molecule has 7 heteroatoms. The zero-order valence-corrected chi connectivity index (χ0v) is 25.9. The molecular formula is C26H58NO5P. The fourth-order valence-electron chi connectivity index (χ4n) is 2.10. The molecule has 0 saturated heterocycles. The number of phosphoric acid groups is 1. The van der Waals surface area contributed by atoms with Crippen LogP contribution in [0.25, 0.3) is 0 Å². The average molecular weight is 496 g/mol. The summed E-state index contributed by atoms with van der Waals surface area (Å²) in [7, 11) is -3.66. The van der Waals surface area contributed by atoms with Crippen LogP contribution in [0, 0.1) is 20.8 Å². The SMILES string of the molecule is CC.CC.CC.CC.CC.CC.CCOP(=O)(OCC)Oc1c(C)cc(C)c(/C=N/O)c1C. The molecule has 0 atom stereocenters. The van der Waals surface area contributed by atoms with E-state index in [-0.39, 0.29) is 13.2 Å². The molecule has 0 aliphatic rings. The minimum atomic E-state index is -3.66. The van der Waals surface area contributed by atoms with Crippen LogP contribution in [0.5, 0.6) is 5.75 Å². The van der Waals surface area contributed by atoms with Gasteiger partial charge in [-0.15, -0.1) is 0 Å². The summed E-state index contributed by atoms with van der Waals surface area (Å²) in [5.41, 5.74) is 3.15. The third-order valence-electron chi connectivity index (χ3n) is 2.92. The van der Waals surface area contributed by atoms with Crippen molar-refractivity contribution in [3.05, 3.63) is 28.3 Å². The van der Waals surface area contributed by atoms with Gasteiger partial charge in [0.2, 0.25) is 0 Å². The first-order valence-corrected chi connectivity index (χ1v) is 14.2. The molecule has 6 nitrogen and oxygen atoms in total. The normalized spacial score (nSPS) is 8.76. The molecule has 0 aromatic heterocycles. The number of hydrogen-bond donors (Lipinski definition) is 1. The van der Waals surface area contributed by atoms with E-state index in [2.05, 4.69) is 5.16 Å². The molecule has 0 unspecified atom stereocenters. The molecule has 0 radical (unpaired) electrons. The highest BCUT2D eigenvalue weighted by Crippen LogP contribution is 2.51. The minimum Gasteiger partial charge on any atom is -0.411 e. The summed E-state index contributed by atoms with van der Waals surface area (Å²) in [6.07, 6.45) is 1.32. The van der Waals surface area contributed by atoms with Crippen LogP contribution in [-0.4, -0.2) is 24.6 Å². The molecule has 33 heavy (non-hydrogen) atoms. The summed E-state index contributed by atoms with van der Waals surface area (Å²) in [6, 6.07) is 1.86. The second-order valence-corrected chi connectivity index (χ2v) is 6.09. The largest absolute Gasteiger partial charge is 0.530 e. The quantitative estimate of drug-likeness (QED) is 0.176. The Balaban J connectivity index is -0.000000131. The van der Waals surface area contributed by atoms with E-state index in [1.54, 1.807) is 20.8 Å². The number of hydrogen-bond acceptors (Lipinski definition) is 6. The van der Waals surface area contributed by atoms with Gasteiger partial charge in [-0.25, -0.2) is 4.57 Å². The minimum absolute atomic E-state index is 0.214. The highest BCUT2D eigenvalue weighted by atomic mass is 31.2. The maximum atomic E-state index is 12.5. The third kappa shape index (κ3) is 20.9. The molecule has 1 N–H and O–H groups in total. The van der Waals surface area contributed by atoms with Crippen LogP contribution < -0.4 is 4.52 Å². The van der Waals surface area contributed by atoms with Gasteiger partial charge in [0.05, 0.1) is 19.4 Å². The number of nitrogens with zero attached hydrogens (tertiary/aromatic N) is 1. The predicted molar refractivity (Wildman–Crippen MR) is 150 cm³/mol. The standard InChI is InChI=1S/C14H22NO5P.6C2H6/c1-6-18-21(17,19-7-2)20-14-11(4)8-10(3)13(9-15-16)12(14)5;6*1-2/h8-9,16H,6-7H2,1-5H3;6*1-2H3/b15-9+;;;;;;. The molecule has 1 rings (SSSR count). The van der Waals surface area contributed by atoms with Crippen LogP contribution in [-0.2, 0) is 13.6 Å². The van der Waals surface area contributed by atoms with Crippen LogP contribution in [0.15, 0.2) is 11.2 Å². The topological polar surface area (TPSA) is 77.4 Å². The van der Waals surface area contributed by atoms with Gasteiger partial charge in [0.1, 0.15) is 5.75 Å². The van der Waals surface area contributed by atoms with Gasteiger partial charge >= 0.3 is 7.82 Å². The van der Waals surface area contributed by atoms with Crippen molar-refractivity contribution in [2.75, 3.05) is 13.2 Å². The molecule has 0 saturated carbocycles. The number of rotatable bonds is 7. The Labute approximate surface area is 207 Å². The van der Waals surface area contributed by atoms with Crippen molar-refractivity contribution in [2.45, 2.75) is 118 Å². The first kappa shape index (κ1) is 45.2. The fourth-order valence-corrected chi connectivity index (χ4v) is 3.41. The zero-order valence-electron chi connectivity index (χ0n) is 25.0. The maximum Gasteiger partial charge on any atom is 0.530 e. The highest BCUT2D eigenvalue weighted by Gasteiger charge is 2.29. The molecule has 0 spiro atoms. The summed E-state index contributed by atoms with van der Waals surface area (Å²) >= 11 is 0. The molecule has 0 aliphatic heterocycles. The van der Waals surface area contributed by atoms with Crippen LogP contribution in [0.4, 0.5) is 0 Å². The Morgan fingerprint density at radius 3 is 1.45 bits per heavy atom. The summed E-state index contributed by atoms with van der Waals surface area (Å²) in [6.45, 7) is 33.4. The van der Waals surface area contributed by atoms with Crippen LogP contribution in [0.2, 0.25) is 0 Å². The molecule has 0 fully saturated rings. The van der Waals surface area contributed by atoms with Crippen molar-refractivity contribution in [3.63, 3.8) is 0 Å². The molecular weight excluding hydrogens is 437 g/mol. The first-order chi connectivity index (χ1) is 15.9. The molecule has 0 heterocycles. The van der Waals surface area contributed by atoms with E-state index in [4.69, 9.17) is 18.8 Å². The number of benzene rings is 1. The van der Waals surface area contributed by atoms with Crippen molar-refractivity contribution in [2.24, 2.45) is 5.16 Å². The Kier molecular flexibility index (Phi) is 48.2. The molecule has 0 aliphatic carbocycles. The Morgan fingerprint density at radius 1 is 0.788 bits per heavy atom. The highest BCUT2D eigenvalue weighted by molar-refractivity contribution is 7.48. The number of phosphoric ester groups is 1. The summed E-state index contributed by atoms with van der Waals surface area (Å²) in [5, 5.41) is 11.8. The second-order valence-electron chi connectivity index (χ2n) is 4.50. The predicted octanol–water partition coefficient (Wildman–Crippen LogP) is 10.1. The fraction of sp³-hybridized carbons (Fsp3) is 0.731. The number of oxime groups is 1. The molecule has 1 aromatic rings. The Hall–Kier alpha value is -1.36. The van der Waals surface area contributed by atoms with Gasteiger partial charge in [-0.05, 0) is 45.7 Å². The van der Waals surface area contributed by atoms with Crippen molar-refractivity contribution in [3.8, 4) is 5.75 Å². The lowest BCUT2D eigenvalue weighted by molar-refractivity contribution is 0.167. The maximum absolute atomic E-state index is 12.5. The van der Waals surface area contributed by atoms with Crippen molar-refractivity contribution in [1.29, 1.82) is 0 Å². The van der Waals surface area contributed by atoms with Crippen LogP contribution >= 0.6 is 7.82 Å². The van der Waals surface area contributed by atoms with Crippen molar-refractivity contribution < 1.29 is 23.3 Å². The van der Waals surface area contributed by atoms with Crippen LogP contribution in [0.1, 0.15) is 119 Å². The van der Waals surface area contributed by atoms with Gasteiger partial charge in [0, 0.05) is 11.1 Å². The molecule has 0 amide bonds. The van der Waals surface area contributed by atoms with E-state index >= 15 is 0 Å². The average Bonchev–Trinajstić information content (AvgIpc) is 2.87. The van der Waals surface area contributed by atoms with Gasteiger partial charge in [-0.3, -0.25) is 9.05 Å². The number of aryl methyl sites for hydroxylation is 2. The second kappa shape index (κ2) is 35.2. The first-order valence-electron chi connectivity index (χ1n) is 12.8. The van der Waals surface area contributed by atoms with Gasteiger partial charge < -0.3 is 9.73 Å². The van der Waals surface area contributed by atoms with Crippen molar-refractivity contribution >= 4 is 14.0 Å². The Bertz CT molecular complexity index is 566. The lowest BCUT2D eigenvalue weighted by Gasteiger charge is -2.21. The van der Waals surface area contributed by atoms with Gasteiger partial charge in [-0.2, -0.15) is 0 Å². The zero-order chi connectivity index (χ0) is 28.0. The van der Waals surface area contributed by atoms with E-state index in [0.29, 0.717) is 16.9 Å². The molecule has 0 bridgehead atoms. The van der Waals surface area contributed by atoms with E-state index < -0.39 is 7.82 Å². The smallest absolute Gasteiger partial charge is 0.411 e. The summed E-state index contributed by atoms with van der Waals surface area (Å²) in [5.74, 6) is 0.417. The molecule has 202 valence electrons. The Morgan fingerprint density at radius 2 is 1.15 bits per heavy atom. The van der Waals surface area contributed by atoms with E-state index in [1.165, 1.54) is 6.21 Å². The van der Waals surface area contributed by atoms with E-state index in [1.807, 2.05) is 103 Å².